The average molecular weight is 304 g/mol. The molecule has 0 saturated heterocycles. The Kier molecular flexibility index (Phi) is 3.61. The zero-order valence-electron chi connectivity index (χ0n) is 11.8. The van der Waals surface area contributed by atoms with Crippen LogP contribution in [0.25, 0.3) is 21.9 Å². The van der Waals surface area contributed by atoms with E-state index in [0.717, 1.165) is 29.7 Å². The largest absolute Gasteiger partial charge is 0.206 e. The minimum Gasteiger partial charge on any atom is -0.206 e. The molecular weight excluding hydrogens is 292 g/mol. The number of fused-ring (bicyclic) bond motifs is 1. The van der Waals surface area contributed by atoms with Gasteiger partial charge < -0.3 is 0 Å². The summed E-state index contributed by atoms with van der Waals surface area (Å²) in [5.74, 6) is -5.40. The number of hydrogen-bond acceptors (Lipinski definition) is 0. The van der Waals surface area contributed by atoms with E-state index < -0.39 is 28.7 Å². The van der Waals surface area contributed by atoms with E-state index in [1.807, 2.05) is 31.2 Å². The molecule has 0 aliphatic rings. The Labute approximate surface area is 125 Å². The molecule has 0 amide bonds. The zero-order valence-corrected chi connectivity index (χ0v) is 11.8. The van der Waals surface area contributed by atoms with Crippen molar-refractivity contribution < 1.29 is 17.6 Å². The lowest BCUT2D eigenvalue weighted by molar-refractivity contribution is 0.451. The SMILES string of the molecule is CCc1ccc(-c2cc(F)c3c(F)c(F)c(F)cc3c2)cc1. The van der Waals surface area contributed by atoms with Crippen molar-refractivity contribution in [2.75, 3.05) is 0 Å². The second-order valence-corrected chi connectivity index (χ2v) is 5.09. The molecule has 0 aromatic heterocycles. The maximum absolute atomic E-state index is 14.1. The minimum atomic E-state index is -1.66. The van der Waals surface area contributed by atoms with Gasteiger partial charge in [-0.15, -0.1) is 0 Å². The van der Waals surface area contributed by atoms with E-state index in [0.29, 0.717) is 5.56 Å². The summed E-state index contributed by atoms with van der Waals surface area (Å²) in [5, 5.41) is -0.543. The van der Waals surface area contributed by atoms with E-state index >= 15 is 0 Å². The lowest BCUT2D eigenvalue weighted by Crippen LogP contribution is -1.95. The first kappa shape index (κ1) is 14.6. The maximum atomic E-state index is 14.1. The molecule has 0 aliphatic heterocycles. The van der Waals surface area contributed by atoms with E-state index in [9.17, 15) is 17.6 Å². The molecule has 0 unspecified atom stereocenters. The van der Waals surface area contributed by atoms with Gasteiger partial charge in [0.15, 0.2) is 17.5 Å². The Bertz CT molecular complexity index is 851. The van der Waals surface area contributed by atoms with Gasteiger partial charge in [0.2, 0.25) is 0 Å². The molecule has 0 saturated carbocycles. The van der Waals surface area contributed by atoms with E-state index in [2.05, 4.69) is 0 Å². The van der Waals surface area contributed by atoms with Gasteiger partial charge in [-0.05, 0) is 46.7 Å². The summed E-state index contributed by atoms with van der Waals surface area (Å²) in [7, 11) is 0. The molecule has 3 aromatic rings. The first-order valence-electron chi connectivity index (χ1n) is 6.87. The Balaban J connectivity index is 2.22. The van der Waals surface area contributed by atoms with E-state index in [1.165, 1.54) is 6.07 Å². The van der Waals surface area contributed by atoms with E-state index in [-0.39, 0.29) is 5.39 Å². The average Bonchev–Trinajstić information content (AvgIpc) is 2.52. The quantitative estimate of drug-likeness (QED) is 0.425. The molecule has 3 aromatic carbocycles. The third-order valence-corrected chi connectivity index (χ3v) is 3.72. The van der Waals surface area contributed by atoms with Crippen molar-refractivity contribution in [3.05, 3.63) is 71.3 Å². The van der Waals surface area contributed by atoms with Crippen molar-refractivity contribution in [3.8, 4) is 11.1 Å². The molecule has 0 radical (unpaired) electrons. The molecular formula is C18H12F4. The van der Waals surface area contributed by atoms with Gasteiger partial charge in [-0.3, -0.25) is 0 Å². The van der Waals surface area contributed by atoms with Gasteiger partial charge in [-0.2, -0.15) is 0 Å². The molecule has 0 heterocycles. The normalized spacial score (nSPS) is 11.1. The van der Waals surface area contributed by atoms with Crippen molar-refractivity contribution in [3.63, 3.8) is 0 Å². The van der Waals surface area contributed by atoms with Crippen LogP contribution >= 0.6 is 0 Å². The van der Waals surface area contributed by atoms with Gasteiger partial charge in [-0.25, -0.2) is 17.6 Å². The smallest absolute Gasteiger partial charge is 0.195 e. The summed E-state index contributed by atoms with van der Waals surface area (Å²) in [6, 6.07) is 10.8. The summed E-state index contributed by atoms with van der Waals surface area (Å²) >= 11 is 0. The van der Waals surface area contributed by atoms with Crippen LogP contribution < -0.4 is 0 Å². The van der Waals surface area contributed by atoms with Crippen LogP contribution in [-0.2, 0) is 6.42 Å². The molecule has 22 heavy (non-hydrogen) atoms. The summed E-state index contributed by atoms with van der Waals surface area (Å²) in [5.41, 5.74) is 2.34. The zero-order chi connectivity index (χ0) is 15.9. The summed E-state index contributed by atoms with van der Waals surface area (Å²) in [6.45, 7) is 2.02. The second kappa shape index (κ2) is 5.44. The lowest BCUT2D eigenvalue weighted by atomic mass is 9.99. The predicted molar refractivity (Wildman–Crippen MR) is 78.6 cm³/mol. The first-order valence-corrected chi connectivity index (χ1v) is 6.87. The Morgan fingerprint density at radius 3 is 2.05 bits per heavy atom. The van der Waals surface area contributed by atoms with Gasteiger partial charge in [0, 0.05) is 0 Å². The lowest BCUT2D eigenvalue weighted by Gasteiger charge is -2.08. The molecule has 0 spiro atoms. The van der Waals surface area contributed by atoms with Crippen molar-refractivity contribution >= 4 is 10.8 Å². The third-order valence-electron chi connectivity index (χ3n) is 3.72. The van der Waals surface area contributed by atoms with Gasteiger partial charge in [-0.1, -0.05) is 31.2 Å². The van der Waals surface area contributed by atoms with Gasteiger partial charge in [0.05, 0.1) is 5.39 Å². The Hall–Kier alpha value is -2.36. The fraction of sp³-hybridized carbons (Fsp3) is 0.111. The van der Waals surface area contributed by atoms with Crippen LogP contribution in [0.4, 0.5) is 17.6 Å². The molecule has 0 bridgehead atoms. The van der Waals surface area contributed by atoms with Crippen molar-refractivity contribution in [2.45, 2.75) is 13.3 Å². The highest BCUT2D eigenvalue weighted by atomic mass is 19.2. The molecule has 4 heteroatoms. The van der Waals surface area contributed by atoms with Crippen molar-refractivity contribution in [1.82, 2.24) is 0 Å². The monoisotopic (exact) mass is 304 g/mol. The topological polar surface area (TPSA) is 0 Å². The number of halogens is 4. The van der Waals surface area contributed by atoms with Crippen LogP contribution in [0, 0.1) is 23.3 Å². The van der Waals surface area contributed by atoms with Gasteiger partial charge in [0.1, 0.15) is 5.82 Å². The molecule has 0 fully saturated rings. The summed E-state index contributed by atoms with van der Waals surface area (Å²) < 4.78 is 54.4. The third kappa shape index (κ3) is 2.34. The number of aryl methyl sites for hydroxylation is 1. The molecule has 0 nitrogen and oxygen atoms in total. The molecule has 0 N–H and O–H groups in total. The van der Waals surface area contributed by atoms with E-state index in [1.54, 1.807) is 0 Å². The maximum Gasteiger partial charge on any atom is 0.195 e. The van der Waals surface area contributed by atoms with Crippen LogP contribution in [0.1, 0.15) is 12.5 Å². The summed E-state index contributed by atoms with van der Waals surface area (Å²) in [6.07, 6.45) is 0.877. The highest BCUT2D eigenvalue weighted by Gasteiger charge is 2.17. The van der Waals surface area contributed by atoms with Crippen LogP contribution in [0.5, 0.6) is 0 Å². The number of rotatable bonds is 2. The minimum absolute atomic E-state index is 0.00836. The Morgan fingerprint density at radius 1 is 0.727 bits per heavy atom. The fourth-order valence-electron chi connectivity index (χ4n) is 2.49. The first-order chi connectivity index (χ1) is 10.5. The Morgan fingerprint density at radius 2 is 1.41 bits per heavy atom. The molecule has 0 atom stereocenters. The molecule has 112 valence electrons. The standard InChI is InChI=1S/C18H12F4/c1-2-10-3-5-11(6-4-10)12-7-13-9-15(20)17(21)18(22)16(13)14(19)8-12/h3-9H,2H2,1H3. The highest BCUT2D eigenvalue weighted by Crippen LogP contribution is 2.31. The van der Waals surface area contributed by atoms with Crippen LogP contribution in [0.2, 0.25) is 0 Å². The van der Waals surface area contributed by atoms with Crippen molar-refractivity contribution in [2.24, 2.45) is 0 Å². The number of hydrogen-bond donors (Lipinski definition) is 0. The van der Waals surface area contributed by atoms with Gasteiger partial charge in [0.25, 0.3) is 0 Å². The molecule has 3 rings (SSSR count). The van der Waals surface area contributed by atoms with Gasteiger partial charge >= 0.3 is 0 Å². The van der Waals surface area contributed by atoms with Crippen molar-refractivity contribution in [1.29, 1.82) is 0 Å². The molecule has 0 aliphatic carbocycles. The number of benzene rings is 3. The fourth-order valence-corrected chi connectivity index (χ4v) is 2.49. The van der Waals surface area contributed by atoms with Crippen LogP contribution in [0.3, 0.4) is 0 Å². The predicted octanol–water partition coefficient (Wildman–Crippen LogP) is 5.63. The van der Waals surface area contributed by atoms with E-state index in [4.69, 9.17) is 0 Å². The van der Waals surface area contributed by atoms with Crippen LogP contribution in [0.15, 0.2) is 42.5 Å². The summed E-state index contributed by atoms with van der Waals surface area (Å²) in [4.78, 5) is 0. The second-order valence-electron chi connectivity index (χ2n) is 5.09. The van der Waals surface area contributed by atoms with Crippen LogP contribution in [-0.4, -0.2) is 0 Å². The highest BCUT2D eigenvalue weighted by molar-refractivity contribution is 5.88.